The molecule has 0 saturated carbocycles. The molecule has 2 saturated heterocycles. The molecule has 2 aromatic carbocycles. The molecule has 0 aliphatic carbocycles. The summed E-state index contributed by atoms with van der Waals surface area (Å²) in [6.07, 6.45) is 0.864. The van der Waals surface area contributed by atoms with Crippen LogP contribution in [0.15, 0.2) is 67.3 Å². The molecule has 45 heavy (non-hydrogen) atoms. The maximum absolute atomic E-state index is 13.8. The second-order valence-corrected chi connectivity index (χ2v) is 15.3. The Morgan fingerprint density at radius 3 is 2.18 bits per heavy atom. The zero-order valence-electron chi connectivity index (χ0n) is 27.0. The molecule has 0 radical (unpaired) electrons. The van der Waals surface area contributed by atoms with Crippen LogP contribution in [0.4, 0.5) is 0 Å². The van der Waals surface area contributed by atoms with Crippen molar-refractivity contribution in [1.82, 2.24) is 19.5 Å². The highest BCUT2D eigenvalue weighted by Gasteiger charge is 2.57. The predicted molar refractivity (Wildman–Crippen MR) is 169 cm³/mol. The van der Waals surface area contributed by atoms with Crippen LogP contribution in [0.1, 0.15) is 61.6 Å². The molecule has 0 bridgehead atoms. The van der Waals surface area contributed by atoms with E-state index < -0.39 is 49.4 Å². The zero-order chi connectivity index (χ0) is 32.2. The van der Waals surface area contributed by atoms with Crippen molar-refractivity contribution in [2.75, 3.05) is 6.61 Å². The summed E-state index contributed by atoms with van der Waals surface area (Å²) in [5.74, 6) is -0.877. The average molecular weight is 637 g/mol. The Balaban J connectivity index is 1.30. The van der Waals surface area contributed by atoms with E-state index in [1.807, 2.05) is 48.7 Å². The van der Waals surface area contributed by atoms with Gasteiger partial charge in [0.25, 0.3) is 0 Å². The Kier molecular flexibility index (Phi) is 8.27. The third-order valence-corrected chi connectivity index (χ3v) is 9.18. The van der Waals surface area contributed by atoms with Gasteiger partial charge in [0.05, 0.1) is 24.1 Å². The fourth-order valence-corrected chi connectivity index (χ4v) is 7.46. The van der Waals surface area contributed by atoms with E-state index in [9.17, 15) is 4.57 Å². The number of phosphoric ester groups is 1. The van der Waals surface area contributed by atoms with Crippen LogP contribution in [0.3, 0.4) is 0 Å². The fraction of sp³-hybridized carbons (Fsp3) is 0.485. The first-order chi connectivity index (χ1) is 21.1. The van der Waals surface area contributed by atoms with Crippen molar-refractivity contribution >= 4 is 19.0 Å². The van der Waals surface area contributed by atoms with Gasteiger partial charge in [-0.3, -0.25) is 18.1 Å². The molecule has 2 fully saturated rings. The van der Waals surface area contributed by atoms with E-state index in [1.54, 1.807) is 47.9 Å². The molecular weight excluding hydrogens is 595 g/mol. The van der Waals surface area contributed by atoms with E-state index in [0.29, 0.717) is 16.9 Å². The molecule has 0 spiro atoms. The van der Waals surface area contributed by atoms with Gasteiger partial charge in [-0.05, 0) is 72.6 Å². The van der Waals surface area contributed by atoms with Gasteiger partial charge in [0.1, 0.15) is 35.8 Å². The molecule has 11 nitrogen and oxygen atoms in total. The smallest absolute Gasteiger partial charge is 0.347 e. The summed E-state index contributed by atoms with van der Waals surface area (Å²) in [7, 11) is -3.99. The second kappa shape index (κ2) is 11.7. The van der Waals surface area contributed by atoms with Gasteiger partial charge in [-0.15, -0.1) is 0 Å². The molecule has 4 heterocycles. The van der Waals surface area contributed by atoms with E-state index in [-0.39, 0.29) is 6.61 Å². The number of ether oxygens (including phenoxy) is 3. The second-order valence-electron chi connectivity index (χ2n) is 13.8. The molecule has 0 unspecified atom stereocenters. The monoisotopic (exact) mass is 636 g/mol. The number of nitrogens with zero attached hydrogens (tertiary/aromatic N) is 4. The van der Waals surface area contributed by atoms with Crippen LogP contribution in [-0.2, 0) is 32.3 Å². The maximum Gasteiger partial charge on any atom is 0.475 e. The number of hydrogen-bond acceptors (Lipinski definition) is 10. The molecule has 0 amide bonds. The maximum atomic E-state index is 13.8. The predicted octanol–water partition coefficient (Wildman–Crippen LogP) is 7.33. The Hall–Kier alpha value is -3.02. The van der Waals surface area contributed by atoms with Crippen LogP contribution in [0.25, 0.3) is 33.5 Å². The minimum absolute atomic E-state index is 0.111. The van der Waals surface area contributed by atoms with Gasteiger partial charge in [0, 0.05) is 5.56 Å². The van der Waals surface area contributed by atoms with Gasteiger partial charge in [-0.2, -0.15) is 0 Å². The fourth-order valence-electron chi connectivity index (χ4n) is 5.65. The molecule has 12 heteroatoms. The highest BCUT2D eigenvalue weighted by Crippen LogP contribution is 2.56. The van der Waals surface area contributed by atoms with Crippen LogP contribution in [0, 0.1) is 0 Å². The largest absolute Gasteiger partial charge is 0.475 e. The first-order valence-corrected chi connectivity index (χ1v) is 16.6. The molecular formula is C33H41N4O7P. The van der Waals surface area contributed by atoms with Crippen LogP contribution in [-0.4, -0.2) is 61.4 Å². The van der Waals surface area contributed by atoms with E-state index in [2.05, 4.69) is 34.2 Å². The first kappa shape index (κ1) is 31.9. The van der Waals surface area contributed by atoms with Crippen molar-refractivity contribution < 1.29 is 32.3 Å². The van der Waals surface area contributed by atoms with Crippen molar-refractivity contribution in [1.29, 1.82) is 0 Å². The molecule has 240 valence electrons. The first-order valence-electron chi connectivity index (χ1n) is 15.1. The molecule has 0 N–H and O–H groups in total. The summed E-state index contributed by atoms with van der Waals surface area (Å²) in [4.78, 5) is 13.9. The van der Waals surface area contributed by atoms with E-state index in [1.165, 1.54) is 6.33 Å². The number of benzene rings is 2. The van der Waals surface area contributed by atoms with Crippen molar-refractivity contribution in [3.05, 3.63) is 67.3 Å². The molecule has 2 aromatic heterocycles. The van der Waals surface area contributed by atoms with Gasteiger partial charge in [-0.25, -0.2) is 19.5 Å². The third kappa shape index (κ3) is 7.05. The van der Waals surface area contributed by atoms with Gasteiger partial charge >= 0.3 is 7.82 Å². The quantitative estimate of drug-likeness (QED) is 0.182. The van der Waals surface area contributed by atoms with Crippen molar-refractivity contribution in [3.8, 4) is 22.4 Å². The van der Waals surface area contributed by atoms with E-state index in [4.69, 9.17) is 32.8 Å². The molecule has 2 aliphatic heterocycles. The number of fused-ring (bicyclic) bond motifs is 2. The van der Waals surface area contributed by atoms with Gasteiger partial charge in [-0.1, -0.05) is 48.5 Å². The highest BCUT2D eigenvalue weighted by molar-refractivity contribution is 7.48. The minimum atomic E-state index is -3.99. The molecule has 4 aromatic rings. The lowest BCUT2D eigenvalue weighted by atomic mass is 10.0. The van der Waals surface area contributed by atoms with Gasteiger partial charge < -0.3 is 14.2 Å². The summed E-state index contributed by atoms with van der Waals surface area (Å²) < 4.78 is 52.3. The zero-order valence-corrected chi connectivity index (χ0v) is 27.9. The molecule has 2 aliphatic rings. The minimum Gasteiger partial charge on any atom is -0.347 e. The molecule has 4 atom stereocenters. The highest BCUT2D eigenvalue weighted by atomic mass is 31.2. The van der Waals surface area contributed by atoms with Crippen molar-refractivity contribution in [2.24, 2.45) is 0 Å². The van der Waals surface area contributed by atoms with Crippen molar-refractivity contribution in [3.63, 3.8) is 0 Å². The number of rotatable bonds is 8. The lowest BCUT2D eigenvalue weighted by Crippen LogP contribution is -2.33. The summed E-state index contributed by atoms with van der Waals surface area (Å²) in [5, 5.41) is 0. The SMILES string of the molecule is CC(C)(C)OP(=O)(OC[C@H]1O[C@@H](n2cnc3c(-c4cccc(-c5ccccc5)c4)ncnc32)[C@@H]2OC(C)(C)O[C@@H]21)OC(C)(C)C. The Morgan fingerprint density at radius 2 is 1.49 bits per heavy atom. The van der Waals surface area contributed by atoms with E-state index in [0.717, 1.165) is 16.7 Å². The summed E-state index contributed by atoms with van der Waals surface area (Å²) in [6, 6.07) is 18.4. The van der Waals surface area contributed by atoms with Crippen LogP contribution in [0.2, 0.25) is 0 Å². The number of hydrogen-bond donors (Lipinski definition) is 0. The lowest BCUT2D eigenvalue weighted by Gasteiger charge is -2.32. The number of phosphoric acid groups is 1. The van der Waals surface area contributed by atoms with Gasteiger partial charge in [0.15, 0.2) is 17.7 Å². The Morgan fingerprint density at radius 1 is 0.844 bits per heavy atom. The Labute approximate surface area is 263 Å². The van der Waals surface area contributed by atoms with Crippen molar-refractivity contribution in [2.45, 2.75) is 96.9 Å². The number of imidazole rings is 1. The summed E-state index contributed by atoms with van der Waals surface area (Å²) in [5.41, 5.74) is 3.47. The topological polar surface area (TPSA) is 116 Å². The molecule has 6 rings (SSSR count). The third-order valence-electron chi connectivity index (χ3n) is 7.17. The Bertz CT molecular complexity index is 1690. The lowest BCUT2D eigenvalue weighted by molar-refractivity contribution is -0.199. The average Bonchev–Trinajstić information content (AvgIpc) is 3.61. The standard InChI is InChI=1S/C33H41N4O7P/c1-31(2,3)43-45(38,44-32(4,5)6)39-18-24-27-28(42-33(7,8)41-27)30(40-24)37-20-36-26-25(34-19-35-29(26)37)23-16-12-15-22(17-23)21-13-10-9-11-14-21/h9-17,19-20,24,27-28,30H,18H2,1-8H3/t24-,27-,28-,30-/m1/s1. The summed E-state index contributed by atoms with van der Waals surface area (Å²) in [6.45, 7) is 14.3. The van der Waals surface area contributed by atoms with Crippen LogP contribution >= 0.6 is 7.82 Å². The van der Waals surface area contributed by atoms with Gasteiger partial charge in [0.2, 0.25) is 0 Å². The normalized spacial score (nSPS) is 23.5. The van der Waals surface area contributed by atoms with Crippen LogP contribution < -0.4 is 0 Å². The summed E-state index contributed by atoms with van der Waals surface area (Å²) >= 11 is 0. The van der Waals surface area contributed by atoms with Crippen LogP contribution in [0.5, 0.6) is 0 Å². The number of aromatic nitrogens is 4. The van der Waals surface area contributed by atoms with E-state index >= 15 is 0 Å².